The van der Waals surface area contributed by atoms with E-state index in [1.54, 1.807) is 0 Å². The van der Waals surface area contributed by atoms with Crippen molar-refractivity contribution in [3.63, 3.8) is 0 Å². The van der Waals surface area contributed by atoms with Gasteiger partial charge in [-0.25, -0.2) is 14.8 Å². The number of aromatic nitrogens is 2. The van der Waals surface area contributed by atoms with E-state index in [4.69, 9.17) is 9.47 Å². The molecule has 0 radical (unpaired) electrons. The fourth-order valence-electron chi connectivity index (χ4n) is 3.13. The van der Waals surface area contributed by atoms with Crippen molar-refractivity contribution in [1.82, 2.24) is 9.97 Å². The highest BCUT2D eigenvalue weighted by atomic mass is 16.5. The summed E-state index contributed by atoms with van der Waals surface area (Å²) in [5, 5.41) is 12.3. The van der Waals surface area contributed by atoms with E-state index >= 15 is 0 Å². The number of hydrogen-bond acceptors (Lipinski definition) is 6. The molecular weight excluding hydrogens is 334 g/mol. The average molecular weight is 357 g/mol. The molecule has 3 rings (SSSR count). The molecule has 2 N–H and O–H groups in total. The van der Waals surface area contributed by atoms with Gasteiger partial charge in [-0.1, -0.05) is 29.8 Å². The number of nitrogens with zero attached hydrogens (tertiary/aromatic N) is 2. The highest BCUT2D eigenvalue weighted by molar-refractivity contribution is 5.90. The van der Waals surface area contributed by atoms with E-state index < -0.39 is 5.97 Å². The summed E-state index contributed by atoms with van der Waals surface area (Å²) in [6.07, 6.45) is 4.33. The second-order valence-corrected chi connectivity index (χ2v) is 6.38. The summed E-state index contributed by atoms with van der Waals surface area (Å²) in [5.41, 5.74) is 2.26. The fraction of sp³-hybridized carbons (Fsp3) is 0.421. The molecule has 2 aromatic rings. The van der Waals surface area contributed by atoms with Gasteiger partial charge >= 0.3 is 5.97 Å². The third-order valence-electron chi connectivity index (χ3n) is 4.51. The van der Waals surface area contributed by atoms with Crippen LogP contribution >= 0.6 is 0 Å². The van der Waals surface area contributed by atoms with E-state index in [1.165, 1.54) is 24.6 Å². The van der Waals surface area contributed by atoms with Crippen molar-refractivity contribution in [1.29, 1.82) is 0 Å². The Kier molecular flexibility index (Phi) is 5.68. The minimum Gasteiger partial charge on any atom is -0.491 e. The third kappa shape index (κ3) is 4.11. The number of aryl methyl sites for hydroxylation is 1. The maximum Gasteiger partial charge on any atom is 0.358 e. The predicted molar refractivity (Wildman–Crippen MR) is 96.7 cm³/mol. The predicted octanol–water partition coefficient (Wildman–Crippen LogP) is 3.21. The topological polar surface area (TPSA) is 93.6 Å². The van der Waals surface area contributed by atoms with Crippen molar-refractivity contribution in [2.75, 3.05) is 19.0 Å². The molecule has 0 bridgehead atoms. The summed E-state index contributed by atoms with van der Waals surface area (Å²) in [7, 11) is 1.40. The Morgan fingerprint density at radius 1 is 1.31 bits per heavy atom. The fourth-order valence-corrected chi connectivity index (χ4v) is 3.13. The first kappa shape index (κ1) is 18.1. The monoisotopic (exact) mass is 357 g/mol. The van der Waals surface area contributed by atoms with Gasteiger partial charge in [0.25, 0.3) is 0 Å². The Morgan fingerprint density at radius 3 is 2.77 bits per heavy atom. The van der Waals surface area contributed by atoms with Crippen LogP contribution in [0, 0.1) is 6.92 Å². The van der Waals surface area contributed by atoms with Gasteiger partial charge < -0.3 is 19.9 Å². The Morgan fingerprint density at radius 2 is 2.08 bits per heavy atom. The Hall–Kier alpha value is -2.67. The van der Waals surface area contributed by atoms with E-state index in [2.05, 4.69) is 46.5 Å². The van der Waals surface area contributed by atoms with Crippen LogP contribution in [0.3, 0.4) is 0 Å². The largest absolute Gasteiger partial charge is 0.491 e. The van der Waals surface area contributed by atoms with E-state index in [0.717, 1.165) is 19.3 Å². The SMILES string of the molecule is COc1c(NCC2CCCC(c3ccc(C)cc3)O2)ncnc1C(=O)O. The smallest absolute Gasteiger partial charge is 0.358 e. The molecule has 2 heterocycles. The molecule has 1 aliphatic rings. The molecule has 0 amide bonds. The molecule has 2 atom stereocenters. The van der Waals surface area contributed by atoms with Crippen molar-refractivity contribution < 1.29 is 19.4 Å². The van der Waals surface area contributed by atoms with Gasteiger partial charge in [0.1, 0.15) is 6.33 Å². The minimum atomic E-state index is -1.15. The number of methoxy groups -OCH3 is 1. The molecule has 1 aromatic heterocycles. The molecule has 7 heteroatoms. The zero-order chi connectivity index (χ0) is 18.5. The standard InChI is InChI=1S/C19H23N3O4/c1-12-6-8-13(9-7-12)15-5-3-4-14(26-15)10-20-18-17(25-2)16(19(23)24)21-11-22-18/h6-9,11,14-15H,3-5,10H2,1-2H3,(H,23,24)(H,20,21,22). The van der Waals surface area contributed by atoms with Crippen LogP contribution in [0.25, 0.3) is 0 Å². The summed E-state index contributed by atoms with van der Waals surface area (Å²) in [6.45, 7) is 2.59. The van der Waals surface area contributed by atoms with Gasteiger partial charge in [0.05, 0.1) is 19.3 Å². The number of anilines is 1. The van der Waals surface area contributed by atoms with Crippen LogP contribution in [0.4, 0.5) is 5.82 Å². The molecule has 0 aliphatic carbocycles. The zero-order valence-electron chi connectivity index (χ0n) is 14.9. The van der Waals surface area contributed by atoms with Gasteiger partial charge in [-0.05, 0) is 31.7 Å². The van der Waals surface area contributed by atoms with Crippen LogP contribution < -0.4 is 10.1 Å². The zero-order valence-corrected chi connectivity index (χ0v) is 14.9. The first-order chi connectivity index (χ1) is 12.6. The highest BCUT2D eigenvalue weighted by Gasteiger charge is 2.25. The molecule has 26 heavy (non-hydrogen) atoms. The molecule has 1 aliphatic heterocycles. The lowest BCUT2D eigenvalue weighted by atomic mass is 9.97. The van der Waals surface area contributed by atoms with Crippen molar-refractivity contribution in [2.24, 2.45) is 0 Å². The number of carboxylic acid groups (broad SMARTS) is 1. The van der Waals surface area contributed by atoms with E-state index in [9.17, 15) is 9.90 Å². The van der Waals surface area contributed by atoms with E-state index in [-0.39, 0.29) is 23.7 Å². The number of carboxylic acids is 1. The Balaban J connectivity index is 1.65. The van der Waals surface area contributed by atoms with Crippen LogP contribution in [-0.4, -0.2) is 40.8 Å². The normalized spacial score (nSPS) is 19.8. The summed E-state index contributed by atoms with van der Waals surface area (Å²) in [4.78, 5) is 19.1. The van der Waals surface area contributed by atoms with Crippen molar-refractivity contribution >= 4 is 11.8 Å². The third-order valence-corrected chi connectivity index (χ3v) is 4.51. The molecule has 1 fully saturated rings. The van der Waals surface area contributed by atoms with Crippen LogP contribution in [0.5, 0.6) is 5.75 Å². The molecule has 138 valence electrons. The van der Waals surface area contributed by atoms with E-state index in [0.29, 0.717) is 12.4 Å². The summed E-state index contributed by atoms with van der Waals surface area (Å²) in [6, 6.07) is 8.42. The van der Waals surface area contributed by atoms with Gasteiger partial charge in [-0.3, -0.25) is 0 Å². The molecule has 0 saturated carbocycles. The molecule has 1 saturated heterocycles. The second-order valence-electron chi connectivity index (χ2n) is 6.38. The lowest BCUT2D eigenvalue weighted by molar-refractivity contribution is -0.0442. The second kappa shape index (κ2) is 8.14. The number of rotatable bonds is 6. The molecule has 0 spiro atoms. The minimum absolute atomic E-state index is 0.0167. The lowest BCUT2D eigenvalue weighted by Gasteiger charge is -2.31. The number of carbonyl (C=O) groups is 1. The number of ether oxygens (including phenoxy) is 2. The lowest BCUT2D eigenvalue weighted by Crippen LogP contribution is -2.29. The van der Waals surface area contributed by atoms with Gasteiger partial charge in [0.2, 0.25) is 0 Å². The first-order valence-electron chi connectivity index (χ1n) is 8.66. The number of aromatic carboxylic acids is 1. The van der Waals surface area contributed by atoms with Crippen molar-refractivity contribution in [3.05, 3.63) is 47.4 Å². The maximum absolute atomic E-state index is 11.2. The van der Waals surface area contributed by atoms with Crippen LogP contribution in [0.15, 0.2) is 30.6 Å². The molecule has 2 unspecified atom stereocenters. The van der Waals surface area contributed by atoms with Crippen molar-refractivity contribution in [2.45, 2.75) is 38.4 Å². The van der Waals surface area contributed by atoms with Crippen LogP contribution in [-0.2, 0) is 4.74 Å². The number of benzene rings is 1. The average Bonchev–Trinajstić information content (AvgIpc) is 2.66. The number of hydrogen-bond donors (Lipinski definition) is 2. The number of nitrogens with one attached hydrogen (secondary N) is 1. The molecular formula is C19H23N3O4. The first-order valence-corrected chi connectivity index (χ1v) is 8.66. The van der Waals surface area contributed by atoms with Gasteiger partial charge in [0.15, 0.2) is 17.3 Å². The summed E-state index contributed by atoms with van der Waals surface area (Å²) >= 11 is 0. The van der Waals surface area contributed by atoms with Gasteiger partial charge in [-0.2, -0.15) is 0 Å². The Bertz CT molecular complexity index is 764. The van der Waals surface area contributed by atoms with Crippen LogP contribution in [0.2, 0.25) is 0 Å². The quantitative estimate of drug-likeness (QED) is 0.820. The summed E-state index contributed by atoms with van der Waals surface area (Å²) < 4.78 is 11.4. The molecule has 1 aromatic carbocycles. The van der Waals surface area contributed by atoms with E-state index in [1.807, 2.05) is 0 Å². The highest BCUT2D eigenvalue weighted by Crippen LogP contribution is 2.32. The van der Waals surface area contributed by atoms with Gasteiger partial charge in [0, 0.05) is 6.54 Å². The Labute approximate surface area is 152 Å². The molecule has 7 nitrogen and oxygen atoms in total. The maximum atomic E-state index is 11.2. The summed E-state index contributed by atoms with van der Waals surface area (Å²) in [5.74, 6) is -0.660. The van der Waals surface area contributed by atoms with Crippen LogP contribution in [0.1, 0.15) is 47.0 Å². The van der Waals surface area contributed by atoms with Gasteiger partial charge in [-0.15, -0.1) is 0 Å². The van der Waals surface area contributed by atoms with Crippen molar-refractivity contribution in [3.8, 4) is 5.75 Å².